The van der Waals surface area contributed by atoms with Crippen molar-refractivity contribution in [2.24, 2.45) is 4.99 Å². The molecular weight excluding hydrogens is 282 g/mol. The molecule has 0 saturated carbocycles. The summed E-state index contributed by atoms with van der Waals surface area (Å²) in [5, 5.41) is 0. The Bertz CT molecular complexity index is 287. The van der Waals surface area contributed by atoms with Crippen LogP contribution in [0.1, 0.15) is 90.4 Å². The lowest BCUT2D eigenvalue weighted by atomic mass is 10.0. The molecule has 1 rings (SSSR count). The van der Waals surface area contributed by atoms with Crippen molar-refractivity contribution in [3.8, 4) is 0 Å². The number of thiocarbonyl (C=S) groups is 1. The van der Waals surface area contributed by atoms with Crippen molar-refractivity contribution < 1.29 is 0 Å². The van der Waals surface area contributed by atoms with E-state index in [4.69, 9.17) is 12.2 Å². The lowest BCUT2D eigenvalue weighted by Crippen LogP contribution is -1.96. The summed E-state index contributed by atoms with van der Waals surface area (Å²) in [5.74, 6) is 1.05. The fourth-order valence-electron chi connectivity index (χ4n) is 2.64. The summed E-state index contributed by atoms with van der Waals surface area (Å²) in [6.45, 7) is 2.28. The van der Waals surface area contributed by atoms with Gasteiger partial charge in [-0.1, -0.05) is 102 Å². The van der Waals surface area contributed by atoms with Gasteiger partial charge < -0.3 is 0 Å². The van der Waals surface area contributed by atoms with E-state index in [9.17, 15) is 0 Å². The summed E-state index contributed by atoms with van der Waals surface area (Å²) < 4.78 is 0.846. The highest BCUT2D eigenvalue weighted by Crippen LogP contribution is 2.18. The molecule has 0 N–H and O–H groups in total. The summed E-state index contributed by atoms with van der Waals surface area (Å²) >= 11 is 6.78. The first-order chi connectivity index (χ1) is 9.83. The van der Waals surface area contributed by atoms with Gasteiger partial charge in [0.05, 0.1) is 0 Å². The molecule has 0 aromatic heterocycles. The highest BCUT2D eigenvalue weighted by Gasteiger charge is 2.10. The van der Waals surface area contributed by atoms with Crippen LogP contribution in [0.2, 0.25) is 0 Å². The fraction of sp³-hybridized carbons (Fsp3) is 0.882. The molecule has 1 aliphatic rings. The van der Waals surface area contributed by atoms with Crippen LogP contribution in [0.4, 0.5) is 0 Å². The van der Waals surface area contributed by atoms with Gasteiger partial charge in [0.25, 0.3) is 0 Å². The molecule has 1 nitrogen and oxygen atoms in total. The number of hydrogen-bond donors (Lipinski definition) is 0. The van der Waals surface area contributed by atoms with Crippen molar-refractivity contribution in [2.75, 3.05) is 5.75 Å². The second-order valence-corrected chi connectivity index (χ2v) is 7.48. The summed E-state index contributed by atoms with van der Waals surface area (Å²) in [6, 6.07) is 0. The van der Waals surface area contributed by atoms with Crippen molar-refractivity contribution in [1.82, 2.24) is 0 Å². The molecule has 0 amide bonds. The Morgan fingerprint density at radius 2 is 1.35 bits per heavy atom. The Morgan fingerprint density at radius 1 is 0.850 bits per heavy atom. The van der Waals surface area contributed by atoms with Crippen LogP contribution in [0.5, 0.6) is 0 Å². The first-order valence-corrected chi connectivity index (χ1v) is 9.95. The van der Waals surface area contributed by atoms with Crippen LogP contribution in [0, 0.1) is 0 Å². The van der Waals surface area contributed by atoms with E-state index in [1.165, 1.54) is 89.2 Å². The van der Waals surface area contributed by atoms with Gasteiger partial charge in [0.2, 0.25) is 0 Å². The van der Waals surface area contributed by atoms with Crippen LogP contribution in [-0.4, -0.2) is 15.8 Å². The highest BCUT2D eigenvalue weighted by atomic mass is 32.2. The van der Waals surface area contributed by atoms with E-state index in [1.54, 1.807) is 11.8 Å². The van der Waals surface area contributed by atoms with Crippen LogP contribution in [0.3, 0.4) is 0 Å². The lowest BCUT2D eigenvalue weighted by Gasteiger charge is -2.03. The fourth-order valence-corrected chi connectivity index (χ4v) is 3.64. The average molecular weight is 314 g/mol. The predicted molar refractivity (Wildman–Crippen MR) is 98.2 cm³/mol. The quantitative estimate of drug-likeness (QED) is 0.282. The molecule has 1 heterocycles. The molecule has 20 heavy (non-hydrogen) atoms. The first kappa shape index (κ1) is 18.2. The van der Waals surface area contributed by atoms with Gasteiger partial charge >= 0.3 is 0 Å². The molecule has 0 aliphatic carbocycles. The van der Waals surface area contributed by atoms with Gasteiger partial charge in [-0.2, -0.15) is 0 Å². The minimum absolute atomic E-state index is 0.846. The van der Waals surface area contributed by atoms with Crippen LogP contribution in [0.25, 0.3) is 0 Å². The maximum absolute atomic E-state index is 5.07. The molecule has 0 aromatic rings. The SMILES string of the molecule is CCCCCCCCCCCCCCC1=NC(=S)SC1. The molecule has 116 valence electrons. The number of aliphatic imine (C=N–C) groups is 1. The van der Waals surface area contributed by atoms with Gasteiger partial charge in [-0.15, -0.1) is 0 Å². The summed E-state index contributed by atoms with van der Waals surface area (Å²) in [4.78, 5) is 4.39. The van der Waals surface area contributed by atoms with E-state index in [0.29, 0.717) is 0 Å². The van der Waals surface area contributed by atoms with E-state index in [0.717, 1.165) is 10.1 Å². The Kier molecular flexibility index (Phi) is 11.6. The van der Waals surface area contributed by atoms with E-state index < -0.39 is 0 Å². The second kappa shape index (κ2) is 12.8. The predicted octanol–water partition coefficient (Wildman–Crippen LogP) is 6.55. The number of unbranched alkanes of at least 4 members (excludes halogenated alkanes) is 11. The summed E-state index contributed by atoms with van der Waals surface area (Å²) in [5.41, 5.74) is 1.33. The smallest absolute Gasteiger partial charge is 0.160 e. The minimum atomic E-state index is 0.846. The molecule has 0 bridgehead atoms. The molecule has 1 aliphatic heterocycles. The third-order valence-electron chi connectivity index (χ3n) is 3.93. The summed E-state index contributed by atoms with van der Waals surface area (Å²) in [7, 11) is 0. The number of hydrogen-bond acceptors (Lipinski definition) is 2. The molecule has 0 atom stereocenters. The van der Waals surface area contributed by atoms with Gasteiger partial charge in [0.15, 0.2) is 4.32 Å². The average Bonchev–Trinajstić information content (AvgIpc) is 2.86. The largest absolute Gasteiger partial charge is 0.238 e. The third kappa shape index (κ3) is 9.93. The standard InChI is InChI=1S/C17H31NS2/c1-2-3-4-5-6-7-8-9-10-11-12-13-14-16-15-20-17(19)18-16/h2-15H2,1H3. The van der Waals surface area contributed by atoms with Gasteiger partial charge in [-0.05, 0) is 12.8 Å². The third-order valence-corrected chi connectivity index (χ3v) is 5.19. The molecule has 0 aromatic carbocycles. The highest BCUT2D eigenvalue weighted by molar-refractivity contribution is 8.23. The molecule has 0 unspecified atom stereocenters. The Hall–Kier alpha value is 0.110. The van der Waals surface area contributed by atoms with Gasteiger partial charge in [-0.3, -0.25) is 0 Å². The van der Waals surface area contributed by atoms with E-state index in [1.807, 2.05) is 0 Å². The Morgan fingerprint density at radius 3 is 1.80 bits per heavy atom. The Labute approximate surface area is 135 Å². The van der Waals surface area contributed by atoms with Crippen molar-refractivity contribution in [1.29, 1.82) is 0 Å². The monoisotopic (exact) mass is 313 g/mol. The van der Waals surface area contributed by atoms with Gasteiger partial charge in [0.1, 0.15) is 0 Å². The Balaban J connectivity index is 1.74. The van der Waals surface area contributed by atoms with Crippen LogP contribution in [-0.2, 0) is 0 Å². The van der Waals surface area contributed by atoms with Crippen LogP contribution < -0.4 is 0 Å². The zero-order valence-electron chi connectivity index (χ0n) is 13.2. The number of nitrogens with zero attached hydrogens (tertiary/aromatic N) is 1. The molecule has 0 radical (unpaired) electrons. The van der Waals surface area contributed by atoms with Gasteiger partial charge in [0, 0.05) is 11.5 Å². The minimum Gasteiger partial charge on any atom is -0.238 e. The number of rotatable bonds is 13. The molecule has 0 saturated heterocycles. The zero-order chi connectivity index (χ0) is 14.5. The topological polar surface area (TPSA) is 12.4 Å². The number of thioether (sulfide) groups is 1. The van der Waals surface area contributed by atoms with Crippen molar-refractivity contribution in [3.63, 3.8) is 0 Å². The van der Waals surface area contributed by atoms with Crippen molar-refractivity contribution >= 4 is 34.0 Å². The normalized spacial score (nSPS) is 14.8. The van der Waals surface area contributed by atoms with Crippen molar-refractivity contribution in [2.45, 2.75) is 90.4 Å². The maximum Gasteiger partial charge on any atom is 0.160 e. The van der Waals surface area contributed by atoms with E-state index >= 15 is 0 Å². The first-order valence-electron chi connectivity index (χ1n) is 8.56. The van der Waals surface area contributed by atoms with E-state index in [-0.39, 0.29) is 0 Å². The summed E-state index contributed by atoms with van der Waals surface area (Å²) in [6.07, 6.45) is 18.2. The van der Waals surface area contributed by atoms with E-state index in [2.05, 4.69) is 11.9 Å². The molecule has 3 heteroatoms. The molecule has 0 spiro atoms. The van der Waals surface area contributed by atoms with Crippen LogP contribution >= 0.6 is 24.0 Å². The molecule has 0 fully saturated rings. The van der Waals surface area contributed by atoms with Crippen LogP contribution in [0.15, 0.2) is 4.99 Å². The second-order valence-electron chi connectivity index (χ2n) is 5.87. The van der Waals surface area contributed by atoms with Crippen molar-refractivity contribution in [3.05, 3.63) is 0 Å². The lowest BCUT2D eigenvalue weighted by molar-refractivity contribution is 0.546. The maximum atomic E-state index is 5.07. The molecular formula is C17H31NS2. The zero-order valence-corrected chi connectivity index (χ0v) is 14.8. The van der Waals surface area contributed by atoms with Gasteiger partial charge in [-0.25, -0.2) is 4.99 Å².